The highest BCUT2D eigenvalue weighted by Crippen LogP contribution is 2.39. The van der Waals surface area contributed by atoms with Crippen molar-refractivity contribution in [3.05, 3.63) is 69.2 Å². The number of nitrogens with zero attached hydrogens (tertiary/aromatic N) is 3. The lowest BCUT2D eigenvalue weighted by Gasteiger charge is -2.26. The van der Waals surface area contributed by atoms with Crippen LogP contribution in [0.15, 0.2) is 46.8 Å². The number of allylic oxidation sites excluding steroid dienone is 1. The van der Waals surface area contributed by atoms with Crippen molar-refractivity contribution in [1.29, 1.82) is 5.26 Å². The Balaban J connectivity index is 2.36. The van der Waals surface area contributed by atoms with Crippen LogP contribution in [0.5, 0.6) is 5.75 Å². The number of aryl methyl sites for hydroxylation is 1. The largest absolute Gasteiger partial charge is 0.440 e. The fourth-order valence-corrected chi connectivity index (χ4v) is 2.52. The fourth-order valence-electron chi connectivity index (χ4n) is 2.52. The molecule has 1 aliphatic rings. The molecule has 0 aromatic carbocycles. The Kier molecular flexibility index (Phi) is 3.07. The third-order valence-electron chi connectivity index (χ3n) is 3.56. The molecule has 0 fully saturated rings. The van der Waals surface area contributed by atoms with Gasteiger partial charge in [0.15, 0.2) is 0 Å². The lowest BCUT2D eigenvalue weighted by Crippen LogP contribution is -2.31. The summed E-state index contributed by atoms with van der Waals surface area (Å²) in [4.78, 5) is 16.4. The highest BCUT2D eigenvalue weighted by atomic mass is 16.5. The number of hydrogen-bond donors (Lipinski definition) is 2. The number of nitrogens with two attached hydrogens (primary N) is 1. The summed E-state index contributed by atoms with van der Waals surface area (Å²) in [5, 5.41) is 19.2. The number of hydrogen-bond acceptors (Lipinski definition) is 6. The smallest absolute Gasteiger partial charge is 0.291 e. The summed E-state index contributed by atoms with van der Waals surface area (Å²) in [5.41, 5.74) is 6.36. The Hall–Kier alpha value is -3.27. The van der Waals surface area contributed by atoms with Crippen LogP contribution in [-0.2, 0) is 0 Å². The average molecular weight is 296 g/mol. The maximum atomic E-state index is 12.4. The number of nitriles is 1. The lowest BCUT2D eigenvalue weighted by atomic mass is 9.85. The second kappa shape index (κ2) is 4.93. The predicted molar refractivity (Wildman–Crippen MR) is 76.2 cm³/mol. The molecule has 7 nitrogen and oxygen atoms in total. The Morgan fingerprint density at radius 2 is 2.32 bits per heavy atom. The third kappa shape index (κ3) is 1.90. The van der Waals surface area contributed by atoms with Crippen molar-refractivity contribution in [2.75, 3.05) is 0 Å². The monoisotopic (exact) mass is 296 g/mol. The Morgan fingerprint density at radius 1 is 1.55 bits per heavy atom. The van der Waals surface area contributed by atoms with Gasteiger partial charge in [-0.15, -0.1) is 0 Å². The summed E-state index contributed by atoms with van der Waals surface area (Å²) in [5.74, 6) is -0.551. The van der Waals surface area contributed by atoms with Gasteiger partial charge in [0.2, 0.25) is 5.88 Å². The normalized spacial score (nSPS) is 16.6. The van der Waals surface area contributed by atoms with Gasteiger partial charge in [-0.05, 0) is 18.6 Å². The second-order valence-corrected chi connectivity index (χ2v) is 4.89. The van der Waals surface area contributed by atoms with E-state index in [4.69, 9.17) is 10.5 Å². The molecule has 3 heterocycles. The zero-order valence-corrected chi connectivity index (χ0v) is 11.6. The molecule has 2 aromatic rings. The molecular weight excluding hydrogens is 284 g/mol. The van der Waals surface area contributed by atoms with Crippen LogP contribution >= 0.6 is 0 Å². The van der Waals surface area contributed by atoms with Crippen molar-refractivity contribution in [2.45, 2.75) is 12.8 Å². The average Bonchev–Trinajstić information content (AvgIpc) is 2.52. The van der Waals surface area contributed by atoms with Gasteiger partial charge in [-0.2, -0.15) is 9.99 Å². The first-order valence-electron chi connectivity index (χ1n) is 6.48. The first-order valence-corrected chi connectivity index (χ1v) is 6.48. The topological polar surface area (TPSA) is 114 Å². The number of rotatable bonds is 1. The van der Waals surface area contributed by atoms with Gasteiger partial charge in [0.05, 0.1) is 17.2 Å². The van der Waals surface area contributed by atoms with Gasteiger partial charge in [-0.1, -0.05) is 6.07 Å². The Morgan fingerprint density at radius 3 is 2.95 bits per heavy atom. The molecule has 7 heteroatoms. The van der Waals surface area contributed by atoms with Crippen LogP contribution in [-0.4, -0.2) is 14.9 Å². The van der Waals surface area contributed by atoms with Crippen LogP contribution in [0, 0.1) is 18.3 Å². The van der Waals surface area contributed by atoms with Crippen LogP contribution in [0.4, 0.5) is 0 Å². The molecule has 2 aromatic heterocycles. The van der Waals surface area contributed by atoms with E-state index in [0.717, 1.165) is 0 Å². The predicted octanol–water partition coefficient (Wildman–Crippen LogP) is 1.01. The lowest BCUT2D eigenvalue weighted by molar-refractivity contribution is 0.165. The standard InChI is InChI=1S/C15H12N4O3/c1-8-5-11-13(15(20)19(8)21)12(9-3-2-4-18-7-9)10(6-16)14(17)22-11/h2-5,7,12,21H,17H2,1H3/t12-/m1/s1. The van der Waals surface area contributed by atoms with Crippen molar-refractivity contribution in [2.24, 2.45) is 5.73 Å². The molecule has 0 aliphatic carbocycles. The number of fused-ring (bicyclic) bond motifs is 1. The number of ether oxygens (including phenoxy) is 1. The van der Waals surface area contributed by atoms with Gasteiger partial charge in [0, 0.05) is 18.5 Å². The number of pyridine rings is 2. The van der Waals surface area contributed by atoms with E-state index in [2.05, 4.69) is 4.98 Å². The van der Waals surface area contributed by atoms with Gasteiger partial charge in [-0.3, -0.25) is 9.78 Å². The first kappa shape index (κ1) is 13.7. The summed E-state index contributed by atoms with van der Waals surface area (Å²) in [6.07, 6.45) is 3.13. The molecule has 110 valence electrons. The van der Waals surface area contributed by atoms with Gasteiger partial charge >= 0.3 is 0 Å². The van der Waals surface area contributed by atoms with Crippen LogP contribution in [0.1, 0.15) is 22.7 Å². The fraction of sp³-hybridized carbons (Fsp3) is 0.133. The molecule has 0 amide bonds. The van der Waals surface area contributed by atoms with Gasteiger partial charge in [-0.25, -0.2) is 0 Å². The molecule has 22 heavy (non-hydrogen) atoms. The third-order valence-corrected chi connectivity index (χ3v) is 3.56. The van der Waals surface area contributed by atoms with Gasteiger partial charge in [0.1, 0.15) is 17.4 Å². The van der Waals surface area contributed by atoms with Crippen molar-refractivity contribution >= 4 is 0 Å². The summed E-state index contributed by atoms with van der Waals surface area (Å²) < 4.78 is 5.92. The van der Waals surface area contributed by atoms with Crippen LogP contribution in [0.2, 0.25) is 0 Å². The van der Waals surface area contributed by atoms with E-state index in [1.165, 1.54) is 6.07 Å². The molecule has 1 atom stereocenters. The maximum absolute atomic E-state index is 12.4. The van der Waals surface area contributed by atoms with Crippen LogP contribution in [0.25, 0.3) is 0 Å². The SMILES string of the molecule is Cc1cc2c(c(=O)n1O)[C@H](c1cccnc1)C(C#N)=C(N)O2. The van der Waals surface area contributed by atoms with E-state index in [9.17, 15) is 15.3 Å². The Labute approximate surface area is 125 Å². The van der Waals surface area contributed by atoms with Gasteiger partial charge < -0.3 is 15.7 Å². The molecule has 0 unspecified atom stereocenters. The van der Waals surface area contributed by atoms with Crippen LogP contribution < -0.4 is 16.0 Å². The maximum Gasteiger partial charge on any atom is 0.291 e. The summed E-state index contributed by atoms with van der Waals surface area (Å²) in [7, 11) is 0. The van der Waals surface area contributed by atoms with E-state index in [0.29, 0.717) is 16.0 Å². The molecule has 3 rings (SSSR count). The molecule has 0 radical (unpaired) electrons. The zero-order valence-electron chi connectivity index (χ0n) is 11.6. The highest BCUT2D eigenvalue weighted by molar-refractivity contribution is 5.54. The summed E-state index contributed by atoms with van der Waals surface area (Å²) >= 11 is 0. The van der Waals surface area contributed by atoms with E-state index in [1.807, 2.05) is 6.07 Å². The van der Waals surface area contributed by atoms with E-state index >= 15 is 0 Å². The van der Waals surface area contributed by atoms with Gasteiger partial charge in [0.25, 0.3) is 5.56 Å². The van der Waals surface area contributed by atoms with E-state index in [1.54, 1.807) is 31.5 Å². The molecular formula is C15H12N4O3. The molecule has 0 bridgehead atoms. The van der Waals surface area contributed by atoms with Crippen molar-refractivity contribution in [3.8, 4) is 11.8 Å². The van der Waals surface area contributed by atoms with Crippen molar-refractivity contribution in [1.82, 2.24) is 9.71 Å². The first-order chi connectivity index (χ1) is 10.5. The minimum absolute atomic E-state index is 0.0571. The van der Waals surface area contributed by atoms with Crippen molar-refractivity contribution < 1.29 is 9.94 Å². The highest BCUT2D eigenvalue weighted by Gasteiger charge is 2.34. The molecule has 0 spiro atoms. The zero-order chi connectivity index (χ0) is 15.9. The molecule has 3 N–H and O–H groups in total. The Bertz CT molecular complexity index is 878. The van der Waals surface area contributed by atoms with E-state index < -0.39 is 11.5 Å². The quantitative estimate of drug-likeness (QED) is 0.759. The summed E-state index contributed by atoms with van der Waals surface area (Å²) in [6, 6.07) is 6.91. The van der Waals surface area contributed by atoms with Crippen molar-refractivity contribution in [3.63, 3.8) is 0 Å². The molecule has 0 saturated heterocycles. The summed E-state index contributed by atoms with van der Waals surface area (Å²) in [6.45, 7) is 1.56. The second-order valence-electron chi connectivity index (χ2n) is 4.89. The minimum atomic E-state index is -0.728. The molecule has 1 aliphatic heterocycles. The van der Waals surface area contributed by atoms with E-state index in [-0.39, 0.29) is 22.8 Å². The molecule has 0 saturated carbocycles. The van der Waals surface area contributed by atoms with Crippen LogP contribution in [0.3, 0.4) is 0 Å². The minimum Gasteiger partial charge on any atom is -0.440 e. The number of aromatic nitrogens is 2.